The van der Waals surface area contributed by atoms with Crippen molar-refractivity contribution in [3.05, 3.63) is 39.2 Å². The Bertz CT molecular complexity index is 712. The smallest absolute Gasteiger partial charge is 0.326 e. The highest BCUT2D eigenvalue weighted by atomic mass is 79.9. The minimum absolute atomic E-state index is 0.0158. The Kier molecular flexibility index (Phi) is 6.30. The molecule has 0 spiro atoms. The van der Waals surface area contributed by atoms with E-state index in [1.807, 2.05) is 24.3 Å². The molecule has 25 heavy (non-hydrogen) atoms. The minimum Gasteiger partial charge on any atom is -0.461 e. The number of ether oxygens (including phenoxy) is 1. The summed E-state index contributed by atoms with van der Waals surface area (Å²) in [6.45, 7) is -0.112. The van der Waals surface area contributed by atoms with Crippen LogP contribution in [0.25, 0.3) is 6.08 Å². The first-order valence-corrected chi connectivity index (χ1v) is 10.2. The summed E-state index contributed by atoms with van der Waals surface area (Å²) in [4.78, 5) is 26.6. The second kappa shape index (κ2) is 8.47. The lowest BCUT2D eigenvalue weighted by Crippen LogP contribution is -2.36. The molecule has 1 aliphatic heterocycles. The molecule has 1 aliphatic carbocycles. The van der Waals surface area contributed by atoms with Gasteiger partial charge in [-0.15, -0.1) is 0 Å². The Balaban J connectivity index is 1.62. The molecule has 7 heteroatoms. The van der Waals surface area contributed by atoms with Gasteiger partial charge in [-0.1, -0.05) is 58.5 Å². The van der Waals surface area contributed by atoms with Crippen molar-refractivity contribution in [3.8, 4) is 0 Å². The number of rotatable bonds is 4. The van der Waals surface area contributed by atoms with E-state index >= 15 is 0 Å². The quantitative estimate of drug-likeness (QED) is 0.391. The van der Waals surface area contributed by atoms with Gasteiger partial charge in [0.05, 0.1) is 4.91 Å². The van der Waals surface area contributed by atoms with Gasteiger partial charge < -0.3 is 4.74 Å². The van der Waals surface area contributed by atoms with E-state index in [0.29, 0.717) is 9.23 Å². The van der Waals surface area contributed by atoms with Crippen LogP contribution in [0.1, 0.15) is 37.7 Å². The van der Waals surface area contributed by atoms with Crippen LogP contribution in [0, 0.1) is 0 Å². The van der Waals surface area contributed by atoms with Gasteiger partial charge in [-0.25, -0.2) is 0 Å². The molecule has 0 bridgehead atoms. The molecule has 0 radical (unpaired) electrons. The Morgan fingerprint density at radius 1 is 1.28 bits per heavy atom. The normalized spacial score (nSPS) is 20.4. The first-order chi connectivity index (χ1) is 12.0. The first kappa shape index (κ1) is 18.6. The highest BCUT2D eigenvalue weighted by Gasteiger charge is 2.34. The standard InChI is InChI=1S/C18H18BrNO3S2/c19-13-8-6-12(7-9-13)10-15-17(22)20(18(24)25-15)11-16(21)23-14-4-2-1-3-5-14/h6-10,14H,1-5,11H2/b15-10-. The van der Waals surface area contributed by atoms with E-state index < -0.39 is 0 Å². The molecule has 3 rings (SSSR count). The molecule has 1 saturated carbocycles. The molecule has 0 N–H and O–H groups in total. The topological polar surface area (TPSA) is 46.6 Å². The molecule has 0 aromatic heterocycles. The Morgan fingerprint density at radius 2 is 1.96 bits per heavy atom. The molecule has 0 atom stereocenters. The van der Waals surface area contributed by atoms with Crippen LogP contribution in [-0.4, -0.2) is 33.7 Å². The Labute approximate surface area is 165 Å². The summed E-state index contributed by atoms with van der Waals surface area (Å²) in [6.07, 6.45) is 6.98. The molecule has 1 heterocycles. The number of halogens is 1. The maximum atomic E-state index is 12.5. The molecule has 0 unspecified atom stereocenters. The van der Waals surface area contributed by atoms with Gasteiger partial charge in [0.2, 0.25) is 0 Å². The van der Waals surface area contributed by atoms with Gasteiger partial charge in [0, 0.05) is 4.47 Å². The summed E-state index contributed by atoms with van der Waals surface area (Å²) >= 11 is 9.87. The third-order valence-corrected chi connectivity index (χ3v) is 6.09. The van der Waals surface area contributed by atoms with Crippen molar-refractivity contribution >= 4 is 62.2 Å². The predicted octanol–water partition coefficient (Wildman–Crippen LogP) is 4.53. The van der Waals surface area contributed by atoms with E-state index in [1.165, 1.54) is 23.1 Å². The molecule has 4 nitrogen and oxygen atoms in total. The average Bonchev–Trinajstić information content (AvgIpc) is 2.85. The van der Waals surface area contributed by atoms with Crippen LogP contribution in [0.5, 0.6) is 0 Å². The molecule has 1 saturated heterocycles. The lowest BCUT2D eigenvalue weighted by atomic mass is 9.98. The minimum atomic E-state index is -0.381. The van der Waals surface area contributed by atoms with Crippen LogP contribution in [0.15, 0.2) is 33.6 Å². The maximum Gasteiger partial charge on any atom is 0.326 e. The van der Waals surface area contributed by atoms with Gasteiger partial charge in [-0.3, -0.25) is 14.5 Å². The van der Waals surface area contributed by atoms with Gasteiger partial charge in [0.1, 0.15) is 17.0 Å². The second-order valence-electron chi connectivity index (χ2n) is 6.07. The number of amides is 1. The lowest BCUT2D eigenvalue weighted by Gasteiger charge is -2.23. The molecule has 1 amide bonds. The lowest BCUT2D eigenvalue weighted by molar-refractivity contribution is -0.152. The summed E-state index contributed by atoms with van der Waals surface area (Å²) in [5.41, 5.74) is 0.911. The Morgan fingerprint density at radius 3 is 2.64 bits per heavy atom. The van der Waals surface area contributed by atoms with Gasteiger partial charge in [0.25, 0.3) is 5.91 Å². The van der Waals surface area contributed by atoms with Gasteiger partial charge >= 0.3 is 5.97 Å². The van der Waals surface area contributed by atoms with Crippen LogP contribution in [0.4, 0.5) is 0 Å². The SMILES string of the molecule is O=C(CN1C(=O)/C(=C/c2ccc(Br)cc2)SC1=S)OC1CCCCC1. The van der Waals surface area contributed by atoms with Crippen molar-refractivity contribution in [3.63, 3.8) is 0 Å². The molecule has 2 aliphatic rings. The van der Waals surface area contributed by atoms with Crippen molar-refractivity contribution in [2.75, 3.05) is 6.54 Å². The zero-order chi connectivity index (χ0) is 17.8. The molecule has 2 fully saturated rings. The fourth-order valence-corrected chi connectivity index (χ4v) is 4.40. The number of benzene rings is 1. The van der Waals surface area contributed by atoms with E-state index in [-0.39, 0.29) is 24.5 Å². The van der Waals surface area contributed by atoms with Crippen molar-refractivity contribution < 1.29 is 14.3 Å². The van der Waals surface area contributed by atoms with E-state index in [1.54, 1.807) is 6.08 Å². The van der Waals surface area contributed by atoms with Crippen molar-refractivity contribution in [1.29, 1.82) is 0 Å². The van der Waals surface area contributed by atoms with Crippen LogP contribution >= 0.6 is 39.9 Å². The number of thiocarbonyl (C=S) groups is 1. The third kappa shape index (κ3) is 4.92. The van der Waals surface area contributed by atoms with E-state index in [4.69, 9.17) is 17.0 Å². The van der Waals surface area contributed by atoms with Gasteiger partial charge in [0.15, 0.2) is 0 Å². The zero-order valence-corrected chi connectivity index (χ0v) is 16.8. The van der Waals surface area contributed by atoms with Crippen LogP contribution in [-0.2, 0) is 14.3 Å². The Hall–Kier alpha value is -1.18. The average molecular weight is 440 g/mol. The number of hydrogen-bond donors (Lipinski definition) is 0. The highest BCUT2D eigenvalue weighted by molar-refractivity contribution is 9.10. The largest absolute Gasteiger partial charge is 0.461 e. The summed E-state index contributed by atoms with van der Waals surface area (Å²) < 4.78 is 6.86. The monoisotopic (exact) mass is 439 g/mol. The zero-order valence-electron chi connectivity index (χ0n) is 13.6. The number of carbonyl (C=O) groups is 2. The highest BCUT2D eigenvalue weighted by Crippen LogP contribution is 2.32. The van der Waals surface area contributed by atoms with Gasteiger partial charge in [-0.2, -0.15) is 0 Å². The fraction of sp³-hybridized carbons (Fsp3) is 0.389. The first-order valence-electron chi connectivity index (χ1n) is 8.23. The fourth-order valence-electron chi connectivity index (χ4n) is 2.88. The van der Waals surface area contributed by atoms with Gasteiger partial charge in [-0.05, 0) is 49.5 Å². The van der Waals surface area contributed by atoms with Crippen molar-refractivity contribution in [2.45, 2.75) is 38.2 Å². The van der Waals surface area contributed by atoms with E-state index in [9.17, 15) is 9.59 Å². The number of hydrogen-bond acceptors (Lipinski definition) is 5. The molecular formula is C18H18BrNO3S2. The molecule has 132 valence electrons. The summed E-state index contributed by atoms with van der Waals surface area (Å²) in [5, 5.41) is 0. The predicted molar refractivity (Wildman–Crippen MR) is 107 cm³/mol. The van der Waals surface area contributed by atoms with E-state index in [0.717, 1.165) is 35.7 Å². The summed E-state index contributed by atoms with van der Waals surface area (Å²) in [7, 11) is 0. The third-order valence-electron chi connectivity index (χ3n) is 4.18. The molecule has 1 aromatic rings. The van der Waals surface area contributed by atoms with E-state index in [2.05, 4.69) is 15.9 Å². The molecular weight excluding hydrogens is 422 g/mol. The summed E-state index contributed by atoms with van der Waals surface area (Å²) in [5.74, 6) is -0.619. The maximum absolute atomic E-state index is 12.5. The van der Waals surface area contributed by atoms with Crippen molar-refractivity contribution in [2.24, 2.45) is 0 Å². The molecule has 1 aromatic carbocycles. The number of thioether (sulfide) groups is 1. The number of carbonyl (C=O) groups excluding carboxylic acids is 2. The van der Waals surface area contributed by atoms with Crippen LogP contribution in [0.3, 0.4) is 0 Å². The second-order valence-corrected chi connectivity index (χ2v) is 8.66. The van der Waals surface area contributed by atoms with Crippen molar-refractivity contribution in [1.82, 2.24) is 4.90 Å². The number of nitrogens with zero attached hydrogens (tertiary/aromatic N) is 1. The van der Waals surface area contributed by atoms with Crippen LogP contribution in [0.2, 0.25) is 0 Å². The summed E-state index contributed by atoms with van der Waals surface area (Å²) in [6, 6.07) is 7.64. The number of esters is 1. The van der Waals surface area contributed by atoms with Crippen LogP contribution < -0.4 is 0 Å².